The summed E-state index contributed by atoms with van der Waals surface area (Å²) in [7, 11) is 0. The van der Waals surface area contributed by atoms with E-state index in [1.54, 1.807) is 0 Å². The van der Waals surface area contributed by atoms with E-state index >= 15 is 0 Å². The molecule has 0 aliphatic carbocycles. The summed E-state index contributed by atoms with van der Waals surface area (Å²) in [6.45, 7) is 6.45. The molecule has 0 fully saturated rings. The van der Waals surface area contributed by atoms with Crippen LogP contribution in [0.15, 0.2) is 41.7 Å². The Morgan fingerprint density at radius 3 is 2.14 bits per heavy atom. The molecule has 0 aromatic rings. The highest BCUT2D eigenvalue weighted by molar-refractivity contribution is 4.97. The molecule has 0 heteroatoms. The fraction of sp³-hybridized carbons (Fsp3) is 0.667. The summed E-state index contributed by atoms with van der Waals surface area (Å²) in [6.07, 6.45) is 25.4. The van der Waals surface area contributed by atoms with Gasteiger partial charge in [0.05, 0.1) is 0 Å². The molecule has 0 aliphatic rings. The Kier molecular flexibility index (Phi) is 16.2. The summed E-state index contributed by atoms with van der Waals surface area (Å²) in [4.78, 5) is 0. The molecule has 21 heavy (non-hydrogen) atoms. The Labute approximate surface area is 133 Å². The zero-order valence-electron chi connectivity index (χ0n) is 14.7. The minimum atomic E-state index is 1.10. The van der Waals surface area contributed by atoms with Crippen LogP contribution in [0.25, 0.3) is 0 Å². The van der Waals surface area contributed by atoms with Crippen LogP contribution in [0.2, 0.25) is 0 Å². The third kappa shape index (κ3) is 16.9. The van der Waals surface area contributed by atoms with Gasteiger partial charge in [-0.25, -0.2) is 0 Å². The maximum absolute atomic E-state index is 3.36. The van der Waals surface area contributed by atoms with Crippen molar-refractivity contribution in [1.82, 2.24) is 0 Å². The third-order valence-corrected chi connectivity index (χ3v) is 3.63. The highest BCUT2D eigenvalue weighted by atomic mass is 14.0. The molecule has 0 unspecified atom stereocenters. The minimum absolute atomic E-state index is 1.10. The molecule has 120 valence electrons. The van der Waals surface area contributed by atoms with Crippen molar-refractivity contribution in [2.75, 3.05) is 0 Å². The van der Waals surface area contributed by atoms with E-state index in [-0.39, 0.29) is 0 Å². The van der Waals surface area contributed by atoms with Crippen molar-refractivity contribution in [2.45, 2.75) is 91.4 Å². The third-order valence-electron chi connectivity index (χ3n) is 3.63. The Morgan fingerprint density at radius 2 is 1.43 bits per heavy atom. The zero-order valence-corrected chi connectivity index (χ0v) is 14.7. The summed E-state index contributed by atoms with van der Waals surface area (Å²) in [5, 5.41) is 0. The predicted molar refractivity (Wildman–Crippen MR) is 97.7 cm³/mol. The molecule has 0 aliphatic heterocycles. The molecule has 0 spiro atoms. The maximum Gasteiger partial charge on any atom is -0.0247 e. The monoisotopic (exact) mass is 288 g/mol. The Hall–Kier alpha value is -1.00. The molecule has 0 amide bonds. The van der Waals surface area contributed by atoms with Crippen LogP contribution in [-0.2, 0) is 0 Å². The first kappa shape index (κ1) is 20.0. The van der Waals surface area contributed by atoms with E-state index in [1.807, 2.05) is 0 Å². The van der Waals surface area contributed by atoms with Crippen LogP contribution in [0.1, 0.15) is 91.4 Å². The second kappa shape index (κ2) is 17.1. The molecule has 0 N–H and O–H groups in total. The van der Waals surface area contributed by atoms with E-state index in [4.69, 9.17) is 0 Å². The second-order valence-corrected chi connectivity index (χ2v) is 5.81. The second-order valence-electron chi connectivity index (χ2n) is 5.81. The van der Waals surface area contributed by atoms with Crippen molar-refractivity contribution in [3.8, 4) is 0 Å². The van der Waals surface area contributed by atoms with Crippen LogP contribution in [0.5, 0.6) is 0 Å². The molecule has 0 saturated carbocycles. The molecule has 0 atom stereocenters. The predicted octanol–water partition coefficient (Wildman–Crippen LogP) is 7.53. The van der Waals surface area contributed by atoms with Gasteiger partial charge in [0.25, 0.3) is 0 Å². The van der Waals surface area contributed by atoms with Crippen molar-refractivity contribution in [1.29, 1.82) is 0 Å². The summed E-state index contributed by atoms with van der Waals surface area (Å²) >= 11 is 0. The van der Waals surface area contributed by atoms with E-state index in [1.165, 1.54) is 69.8 Å². The van der Waals surface area contributed by atoms with Gasteiger partial charge in [0.15, 0.2) is 0 Å². The standard InChI is InChI=1S/C21H36/c1-4-6-8-9-10-11-12-13-14-15-16-17-18-20-21(3)19-7-5-2/h4,6-7,10-11H,5,8-9,12-18,20H2,1-3H3. The number of hydrogen-bond donors (Lipinski definition) is 0. The Balaban J connectivity index is 3.28. The summed E-state index contributed by atoms with van der Waals surface area (Å²) < 4.78 is 0. The van der Waals surface area contributed by atoms with E-state index in [0.717, 1.165) is 6.42 Å². The van der Waals surface area contributed by atoms with E-state index in [9.17, 15) is 0 Å². The topological polar surface area (TPSA) is 0 Å². The van der Waals surface area contributed by atoms with Gasteiger partial charge in [-0.2, -0.15) is 0 Å². The van der Waals surface area contributed by atoms with Gasteiger partial charge in [-0.1, -0.05) is 56.9 Å². The molecule has 0 bridgehead atoms. The van der Waals surface area contributed by atoms with E-state index < -0.39 is 0 Å². The van der Waals surface area contributed by atoms with Crippen LogP contribution in [-0.4, -0.2) is 0 Å². The number of unbranched alkanes of at least 4 members (excludes halogenated alkanes) is 7. The van der Waals surface area contributed by atoms with Crippen molar-refractivity contribution >= 4 is 0 Å². The van der Waals surface area contributed by atoms with Crippen molar-refractivity contribution < 1.29 is 0 Å². The average molecular weight is 289 g/mol. The van der Waals surface area contributed by atoms with E-state index in [0.29, 0.717) is 0 Å². The fourth-order valence-electron chi connectivity index (χ4n) is 2.30. The summed E-state index contributed by atoms with van der Waals surface area (Å²) in [6, 6.07) is 0. The zero-order chi connectivity index (χ0) is 15.6. The Morgan fingerprint density at radius 1 is 0.810 bits per heavy atom. The average Bonchev–Trinajstić information content (AvgIpc) is 2.49. The molecule has 0 heterocycles. The number of rotatable bonds is 13. The lowest BCUT2D eigenvalue weighted by atomic mass is 10.1. The summed E-state index contributed by atoms with van der Waals surface area (Å²) in [5.74, 6) is 0. The first-order valence-electron chi connectivity index (χ1n) is 8.98. The van der Waals surface area contributed by atoms with Crippen molar-refractivity contribution in [2.24, 2.45) is 0 Å². The lowest BCUT2D eigenvalue weighted by Gasteiger charge is -2.01. The smallest absolute Gasteiger partial charge is 0.0247 e. The molecule has 0 aromatic carbocycles. The van der Waals surface area contributed by atoms with Crippen molar-refractivity contribution in [3.63, 3.8) is 0 Å². The van der Waals surface area contributed by atoms with Gasteiger partial charge in [0, 0.05) is 0 Å². The minimum Gasteiger partial charge on any atom is -0.126 e. The van der Waals surface area contributed by atoms with Gasteiger partial charge in [-0.05, 0) is 70.4 Å². The van der Waals surface area contributed by atoms with Crippen LogP contribution < -0.4 is 0 Å². The molecule has 0 saturated heterocycles. The first-order valence-corrected chi connectivity index (χ1v) is 8.98. The maximum atomic E-state index is 3.36. The van der Waals surface area contributed by atoms with Crippen LogP contribution in [0.3, 0.4) is 0 Å². The highest BCUT2D eigenvalue weighted by Crippen LogP contribution is 2.11. The fourth-order valence-corrected chi connectivity index (χ4v) is 2.30. The number of hydrogen-bond acceptors (Lipinski definition) is 0. The lowest BCUT2D eigenvalue weighted by molar-refractivity contribution is 0.596. The van der Waals surface area contributed by atoms with Gasteiger partial charge in [-0.15, -0.1) is 5.73 Å². The normalized spacial score (nSPS) is 11.2. The largest absolute Gasteiger partial charge is 0.126 e. The Bertz CT molecular complexity index is 324. The van der Waals surface area contributed by atoms with Gasteiger partial charge in [0.2, 0.25) is 0 Å². The summed E-state index contributed by atoms with van der Waals surface area (Å²) in [5.41, 5.74) is 4.77. The molecule has 0 rings (SSSR count). The lowest BCUT2D eigenvalue weighted by Crippen LogP contribution is -1.81. The van der Waals surface area contributed by atoms with Crippen LogP contribution in [0, 0.1) is 0 Å². The SMILES string of the molecule is CC=CCCC=CCCCCCCCCC(C)=C=CCC. The van der Waals surface area contributed by atoms with Gasteiger partial charge >= 0.3 is 0 Å². The number of allylic oxidation sites excluding steroid dienone is 5. The van der Waals surface area contributed by atoms with Crippen molar-refractivity contribution in [3.05, 3.63) is 41.7 Å². The molecule has 0 radical (unpaired) electrons. The van der Waals surface area contributed by atoms with Crippen LogP contribution in [0.4, 0.5) is 0 Å². The van der Waals surface area contributed by atoms with Gasteiger partial charge in [-0.3, -0.25) is 0 Å². The highest BCUT2D eigenvalue weighted by Gasteiger charge is 1.92. The van der Waals surface area contributed by atoms with Crippen LogP contribution >= 0.6 is 0 Å². The quantitative estimate of drug-likeness (QED) is 0.187. The molecule has 0 aromatic heterocycles. The molecule has 0 nitrogen and oxygen atoms in total. The van der Waals surface area contributed by atoms with Gasteiger partial charge in [0.1, 0.15) is 0 Å². The van der Waals surface area contributed by atoms with Gasteiger partial charge < -0.3 is 0 Å². The van der Waals surface area contributed by atoms with E-state index in [2.05, 4.69) is 56.9 Å². The molecular weight excluding hydrogens is 252 g/mol. The first-order chi connectivity index (χ1) is 10.3. The molecular formula is C21H36.